The molecule has 0 aromatic heterocycles. The molecular formula is C10H18O. The molecule has 0 aromatic rings. The maximum atomic E-state index is 10.9. The molecule has 1 atom stereocenters. The van der Waals surface area contributed by atoms with Crippen molar-refractivity contribution in [2.24, 2.45) is 5.92 Å². The van der Waals surface area contributed by atoms with Gasteiger partial charge >= 0.3 is 0 Å². The predicted octanol–water partition coefficient (Wildman–Crippen LogP) is 2.94. The van der Waals surface area contributed by atoms with Crippen LogP contribution in [0.4, 0.5) is 0 Å². The van der Waals surface area contributed by atoms with Gasteiger partial charge in [-0.3, -0.25) is 4.79 Å². The zero-order valence-corrected chi connectivity index (χ0v) is 7.44. The van der Waals surface area contributed by atoms with Gasteiger partial charge in [0.1, 0.15) is 5.78 Å². The van der Waals surface area contributed by atoms with Crippen LogP contribution < -0.4 is 0 Å². The molecule has 0 spiro atoms. The fourth-order valence-corrected chi connectivity index (χ4v) is 1.59. The van der Waals surface area contributed by atoms with E-state index in [4.69, 9.17) is 0 Å². The molecule has 1 heteroatoms. The van der Waals surface area contributed by atoms with Crippen LogP contribution in [0.5, 0.6) is 0 Å². The van der Waals surface area contributed by atoms with E-state index in [9.17, 15) is 4.79 Å². The summed E-state index contributed by atoms with van der Waals surface area (Å²) in [6.07, 6.45) is 8.41. The minimum Gasteiger partial charge on any atom is -0.299 e. The van der Waals surface area contributed by atoms with Gasteiger partial charge in [0.15, 0.2) is 0 Å². The Bertz CT molecular complexity index is 129. The van der Waals surface area contributed by atoms with Gasteiger partial charge in [-0.15, -0.1) is 0 Å². The molecule has 0 heterocycles. The standard InChI is InChI=1S/C10H18O/c1-2-3-4-5-6-9-7-8-10(9)11/h9H,2-8H2,1H3. The maximum absolute atomic E-state index is 10.9. The summed E-state index contributed by atoms with van der Waals surface area (Å²) in [5.74, 6) is 0.980. The number of carbonyl (C=O) groups excluding carboxylic acids is 1. The highest BCUT2D eigenvalue weighted by molar-refractivity contribution is 5.86. The minimum atomic E-state index is 0.465. The Kier molecular flexibility index (Phi) is 3.61. The van der Waals surface area contributed by atoms with E-state index in [-0.39, 0.29) is 0 Å². The molecule has 1 saturated carbocycles. The van der Waals surface area contributed by atoms with Gasteiger partial charge in [-0.05, 0) is 12.8 Å². The summed E-state index contributed by atoms with van der Waals surface area (Å²) >= 11 is 0. The third kappa shape index (κ3) is 2.64. The lowest BCUT2D eigenvalue weighted by Crippen LogP contribution is -2.25. The van der Waals surface area contributed by atoms with E-state index in [2.05, 4.69) is 6.92 Å². The molecule has 1 unspecified atom stereocenters. The first-order valence-electron chi connectivity index (χ1n) is 4.87. The molecule has 0 radical (unpaired) electrons. The zero-order valence-electron chi connectivity index (χ0n) is 7.44. The SMILES string of the molecule is CCCCCCC1CCC1=O. The Morgan fingerprint density at radius 2 is 2.18 bits per heavy atom. The highest BCUT2D eigenvalue weighted by atomic mass is 16.1. The number of ketones is 1. The topological polar surface area (TPSA) is 17.1 Å². The van der Waals surface area contributed by atoms with Crippen LogP contribution in [0.1, 0.15) is 51.9 Å². The van der Waals surface area contributed by atoms with Crippen LogP contribution in [0.3, 0.4) is 0 Å². The lowest BCUT2D eigenvalue weighted by Gasteiger charge is -2.23. The Hall–Kier alpha value is -0.330. The lowest BCUT2D eigenvalue weighted by atomic mass is 9.80. The molecule has 0 aliphatic heterocycles. The molecule has 1 aliphatic carbocycles. The summed E-state index contributed by atoms with van der Waals surface area (Å²) in [5, 5.41) is 0. The highest BCUT2D eigenvalue weighted by Gasteiger charge is 2.26. The van der Waals surface area contributed by atoms with Crippen molar-refractivity contribution in [2.75, 3.05) is 0 Å². The van der Waals surface area contributed by atoms with E-state index < -0.39 is 0 Å². The van der Waals surface area contributed by atoms with Crippen LogP contribution in [0.25, 0.3) is 0 Å². The van der Waals surface area contributed by atoms with E-state index in [0.29, 0.717) is 11.7 Å². The smallest absolute Gasteiger partial charge is 0.136 e. The van der Waals surface area contributed by atoms with Crippen molar-refractivity contribution in [3.8, 4) is 0 Å². The highest BCUT2D eigenvalue weighted by Crippen LogP contribution is 2.27. The Morgan fingerprint density at radius 1 is 1.36 bits per heavy atom. The molecule has 0 bridgehead atoms. The van der Waals surface area contributed by atoms with Gasteiger partial charge < -0.3 is 0 Å². The van der Waals surface area contributed by atoms with Crippen LogP contribution in [-0.2, 0) is 4.79 Å². The minimum absolute atomic E-state index is 0.465. The van der Waals surface area contributed by atoms with Crippen LogP contribution in [0.15, 0.2) is 0 Å². The normalized spacial score (nSPS) is 23.4. The zero-order chi connectivity index (χ0) is 8.10. The number of carbonyl (C=O) groups is 1. The van der Waals surface area contributed by atoms with Crippen LogP contribution >= 0.6 is 0 Å². The molecule has 0 amide bonds. The average molecular weight is 154 g/mol. The Labute approximate surface area is 69.2 Å². The van der Waals surface area contributed by atoms with Crippen molar-refractivity contribution < 1.29 is 4.79 Å². The molecule has 1 aliphatic rings. The average Bonchev–Trinajstić information content (AvgIpc) is 2.02. The third-order valence-corrected chi connectivity index (χ3v) is 2.60. The first-order chi connectivity index (χ1) is 5.34. The Balaban J connectivity index is 1.91. The molecule has 64 valence electrons. The molecule has 11 heavy (non-hydrogen) atoms. The van der Waals surface area contributed by atoms with Gasteiger partial charge in [0.05, 0.1) is 0 Å². The van der Waals surface area contributed by atoms with Gasteiger partial charge in [-0.25, -0.2) is 0 Å². The van der Waals surface area contributed by atoms with Gasteiger partial charge in [-0.2, -0.15) is 0 Å². The predicted molar refractivity (Wildman–Crippen MR) is 46.5 cm³/mol. The van der Waals surface area contributed by atoms with Crippen molar-refractivity contribution in [3.63, 3.8) is 0 Å². The molecule has 1 rings (SSSR count). The van der Waals surface area contributed by atoms with Crippen molar-refractivity contribution in [3.05, 3.63) is 0 Å². The maximum Gasteiger partial charge on any atom is 0.136 e. The van der Waals surface area contributed by atoms with E-state index in [1.807, 2.05) is 0 Å². The molecule has 0 aromatic carbocycles. The fraction of sp³-hybridized carbons (Fsp3) is 0.900. The first kappa shape index (κ1) is 8.76. The second kappa shape index (κ2) is 4.53. The van der Waals surface area contributed by atoms with Crippen molar-refractivity contribution in [1.82, 2.24) is 0 Å². The summed E-state index contributed by atoms with van der Waals surface area (Å²) in [6.45, 7) is 2.22. The number of Topliss-reactive ketones (excluding diaryl/α,β-unsaturated/α-hetero) is 1. The van der Waals surface area contributed by atoms with Crippen molar-refractivity contribution in [1.29, 1.82) is 0 Å². The number of hydrogen-bond acceptors (Lipinski definition) is 1. The van der Waals surface area contributed by atoms with Gasteiger partial charge in [0.25, 0.3) is 0 Å². The van der Waals surface area contributed by atoms with Crippen LogP contribution in [0, 0.1) is 5.92 Å². The number of rotatable bonds is 5. The summed E-state index contributed by atoms with van der Waals surface area (Å²) in [6, 6.07) is 0. The van der Waals surface area contributed by atoms with Gasteiger partial charge in [-0.1, -0.05) is 32.6 Å². The summed E-state index contributed by atoms with van der Waals surface area (Å²) in [7, 11) is 0. The first-order valence-corrected chi connectivity index (χ1v) is 4.87. The third-order valence-electron chi connectivity index (χ3n) is 2.60. The molecule has 1 fully saturated rings. The van der Waals surface area contributed by atoms with E-state index >= 15 is 0 Å². The Morgan fingerprint density at radius 3 is 2.64 bits per heavy atom. The fourth-order valence-electron chi connectivity index (χ4n) is 1.59. The number of hydrogen-bond donors (Lipinski definition) is 0. The molecule has 0 saturated heterocycles. The van der Waals surface area contributed by atoms with E-state index in [1.54, 1.807) is 0 Å². The second-order valence-electron chi connectivity index (χ2n) is 3.55. The summed E-state index contributed by atoms with van der Waals surface area (Å²) in [5.41, 5.74) is 0. The van der Waals surface area contributed by atoms with E-state index in [1.165, 1.54) is 38.5 Å². The van der Waals surface area contributed by atoms with Crippen LogP contribution in [0.2, 0.25) is 0 Å². The molecular weight excluding hydrogens is 136 g/mol. The quantitative estimate of drug-likeness (QED) is 0.556. The van der Waals surface area contributed by atoms with Crippen molar-refractivity contribution >= 4 is 5.78 Å². The van der Waals surface area contributed by atoms with Crippen LogP contribution in [-0.4, -0.2) is 5.78 Å². The molecule has 0 N–H and O–H groups in total. The second-order valence-corrected chi connectivity index (χ2v) is 3.55. The molecule has 1 nitrogen and oxygen atoms in total. The van der Waals surface area contributed by atoms with Crippen molar-refractivity contribution in [2.45, 2.75) is 51.9 Å². The monoisotopic (exact) mass is 154 g/mol. The largest absolute Gasteiger partial charge is 0.299 e. The number of unbranched alkanes of at least 4 members (excludes halogenated alkanes) is 3. The van der Waals surface area contributed by atoms with Gasteiger partial charge in [0, 0.05) is 12.3 Å². The van der Waals surface area contributed by atoms with E-state index in [0.717, 1.165) is 6.42 Å². The van der Waals surface area contributed by atoms with Gasteiger partial charge in [0.2, 0.25) is 0 Å². The summed E-state index contributed by atoms with van der Waals surface area (Å²) < 4.78 is 0. The summed E-state index contributed by atoms with van der Waals surface area (Å²) in [4.78, 5) is 10.9. The lowest BCUT2D eigenvalue weighted by molar-refractivity contribution is -0.129.